The third-order valence-electron chi connectivity index (χ3n) is 4.88. The molecule has 0 radical (unpaired) electrons. The Kier molecular flexibility index (Phi) is 9.53. The average Bonchev–Trinajstić information content (AvgIpc) is 2.64. The van der Waals surface area contributed by atoms with Crippen LogP contribution in [0.1, 0.15) is 25.8 Å². The standard InChI is InChI=1S/C19H29F3N4O.ClH/c1-14(2)17(23)18(27)24-7-4-8-25-9-11-26(12-10-25)16-6-3-5-15(13-16)19(20,21)22;/h3,5-6,13-14,17H,4,7-12,23H2,1-2H3,(H,24,27);1H/t17-;/m0./s1. The lowest BCUT2D eigenvalue weighted by Crippen LogP contribution is -2.47. The van der Waals surface area contributed by atoms with E-state index in [-0.39, 0.29) is 24.2 Å². The van der Waals surface area contributed by atoms with Crippen molar-refractivity contribution in [2.75, 3.05) is 44.2 Å². The SMILES string of the molecule is CC(C)[C@H](N)C(=O)NCCCN1CCN(c2cccc(C(F)(F)F)c2)CC1.Cl. The summed E-state index contributed by atoms with van der Waals surface area (Å²) in [7, 11) is 0. The van der Waals surface area contributed by atoms with Crippen LogP contribution in [0.2, 0.25) is 0 Å². The molecule has 28 heavy (non-hydrogen) atoms. The average molecular weight is 423 g/mol. The number of nitrogens with two attached hydrogens (primary N) is 1. The third kappa shape index (κ3) is 7.14. The number of benzene rings is 1. The predicted molar refractivity (Wildman–Crippen MR) is 108 cm³/mol. The van der Waals surface area contributed by atoms with Crippen molar-refractivity contribution in [2.45, 2.75) is 32.5 Å². The number of nitrogens with one attached hydrogen (secondary N) is 1. The Bertz CT molecular complexity index is 619. The summed E-state index contributed by atoms with van der Waals surface area (Å²) in [4.78, 5) is 16.0. The van der Waals surface area contributed by atoms with Gasteiger partial charge in [0.2, 0.25) is 5.91 Å². The van der Waals surface area contributed by atoms with E-state index in [2.05, 4.69) is 10.2 Å². The summed E-state index contributed by atoms with van der Waals surface area (Å²) in [5, 5.41) is 2.85. The molecule has 0 spiro atoms. The number of alkyl halides is 3. The van der Waals surface area contributed by atoms with E-state index in [4.69, 9.17) is 5.73 Å². The minimum Gasteiger partial charge on any atom is -0.369 e. The fourth-order valence-electron chi connectivity index (χ4n) is 3.04. The molecule has 1 aliphatic rings. The number of carbonyl (C=O) groups excluding carboxylic acids is 1. The van der Waals surface area contributed by atoms with Crippen LogP contribution in [0.25, 0.3) is 0 Å². The molecular formula is C19H30ClF3N4O. The Morgan fingerprint density at radius 1 is 1.21 bits per heavy atom. The molecule has 5 nitrogen and oxygen atoms in total. The van der Waals surface area contributed by atoms with Gasteiger partial charge in [-0.1, -0.05) is 19.9 Å². The zero-order chi connectivity index (χ0) is 20.0. The lowest BCUT2D eigenvalue weighted by Gasteiger charge is -2.36. The first-order valence-corrected chi connectivity index (χ1v) is 9.36. The maximum absolute atomic E-state index is 12.9. The molecule has 1 heterocycles. The Hall–Kier alpha value is -1.51. The maximum atomic E-state index is 12.9. The number of rotatable bonds is 7. The predicted octanol–water partition coefficient (Wildman–Crippen LogP) is 2.74. The number of anilines is 1. The second kappa shape index (κ2) is 10.9. The zero-order valence-electron chi connectivity index (χ0n) is 16.3. The van der Waals surface area contributed by atoms with Gasteiger partial charge in [0.15, 0.2) is 0 Å². The number of piperazine rings is 1. The van der Waals surface area contributed by atoms with Gasteiger partial charge in [0.05, 0.1) is 11.6 Å². The monoisotopic (exact) mass is 422 g/mol. The van der Waals surface area contributed by atoms with Crippen LogP contribution in [-0.4, -0.2) is 56.1 Å². The summed E-state index contributed by atoms with van der Waals surface area (Å²) in [6, 6.07) is 5.00. The van der Waals surface area contributed by atoms with E-state index >= 15 is 0 Å². The molecule has 0 bridgehead atoms. The number of carbonyl (C=O) groups is 1. The molecule has 0 unspecified atom stereocenters. The van der Waals surface area contributed by atoms with Crippen LogP contribution >= 0.6 is 12.4 Å². The maximum Gasteiger partial charge on any atom is 0.416 e. The van der Waals surface area contributed by atoms with Gasteiger partial charge in [-0.25, -0.2) is 0 Å². The van der Waals surface area contributed by atoms with Crippen molar-refractivity contribution < 1.29 is 18.0 Å². The number of halogens is 4. The lowest BCUT2D eigenvalue weighted by molar-refractivity contribution is -0.137. The van der Waals surface area contributed by atoms with Crippen LogP contribution < -0.4 is 16.0 Å². The molecule has 1 amide bonds. The Morgan fingerprint density at radius 2 is 1.86 bits per heavy atom. The van der Waals surface area contributed by atoms with E-state index in [9.17, 15) is 18.0 Å². The highest BCUT2D eigenvalue weighted by atomic mass is 35.5. The van der Waals surface area contributed by atoms with Gasteiger partial charge in [0.25, 0.3) is 0 Å². The Morgan fingerprint density at radius 3 is 2.43 bits per heavy atom. The number of hydrogen-bond acceptors (Lipinski definition) is 4. The molecule has 1 aromatic rings. The molecule has 2 rings (SSSR count). The van der Waals surface area contributed by atoms with Crippen molar-refractivity contribution in [3.8, 4) is 0 Å². The summed E-state index contributed by atoms with van der Waals surface area (Å²) in [6.45, 7) is 8.19. The van der Waals surface area contributed by atoms with E-state index in [1.54, 1.807) is 6.07 Å². The molecule has 160 valence electrons. The van der Waals surface area contributed by atoms with Crippen molar-refractivity contribution in [3.05, 3.63) is 29.8 Å². The van der Waals surface area contributed by atoms with Crippen molar-refractivity contribution in [1.82, 2.24) is 10.2 Å². The molecule has 1 atom stereocenters. The summed E-state index contributed by atoms with van der Waals surface area (Å²) in [5.74, 6) is -0.0201. The molecule has 0 saturated carbocycles. The molecule has 9 heteroatoms. The molecule has 1 saturated heterocycles. The molecule has 3 N–H and O–H groups in total. The van der Waals surface area contributed by atoms with Gasteiger partial charge in [0, 0.05) is 38.4 Å². The van der Waals surface area contributed by atoms with Gasteiger partial charge in [-0.15, -0.1) is 12.4 Å². The molecule has 1 aromatic carbocycles. The van der Waals surface area contributed by atoms with Crippen LogP contribution in [-0.2, 0) is 11.0 Å². The molecule has 0 aliphatic carbocycles. The topological polar surface area (TPSA) is 61.6 Å². The van der Waals surface area contributed by atoms with Crippen LogP contribution in [0.5, 0.6) is 0 Å². The molecular weight excluding hydrogens is 393 g/mol. The quantitative estimate of drug-likeness (QED) is 0.663. The largest absolute Gasteiger partial charge is 0.416 e. The van der Waals surface area contributed by atoms with Crippen molar-refractivity contribution >= 4 is 24.0 Å². The summed E-state index contributed by atoms with van der Waals surface area (Å²) >= 11 is 0. The summed E-state index contributed by atoms with van der Waals surface area (Å²) < 4.78 is 38.6. The van der Waals surface area contributed by atoms with Gasteiger partial charge in [-0.05, 0) is 37.1 Å². The fraction of sp³-hybridized carbons (Fsp3) is 0.632. The highest BCUT2D eigenvalue weighted by molar-refractivity contribution is 5.85. The number of nitrogens with zero attached hydrogens (tertiary/aromatic N) is 2. The van der Waals surface area contributed by atoms with Gasteiger partial charge in [-0.3, -0.25) is 9.69 Å². The molecule has 0 aromatic heterocycles. The summed E-state index contributed by atoms with van der Waals surface area (Å²) in [5.41, 5.74) is 5.79. The van der Waals surface area contributed by atoms with Crippen molar-refractivity contribution in [1.29, 1.82) is 0 Å². The second-order valence-electron chi connectivity index (χ2n) is 7.29. The number of hydrogen-bond donors (Lipinski definition) is 2. The first-order valence-electron chi connectivity index (χ1n) is 9.36. The van der Waals surface area contributed by atoms with Gasteiger partial charge in [0.1, 0.15) is 0 Å². The third-order valence-corrected chi connectivity index (χ3v) is 4.88. The second-order valence-corrected chi connectivity index (χ2v) is 7.29. The van der Waals surface area contributed by atoms with Crippen LogP contribution in [0.4, 0.5) is 18.9 Å². The first kappa shape index (κ1) is 24.5. The molecule has 1 aliphatic heterocycles. The smallest absolute Gasteiger partial charge is 0.369 e. The van der Waals surface area contributed by atoms with E-state index in [1.165, 1.54) is 12.1 Å². The van der Waals surface area contributed by atoms with Gasteiger partial charge >= 0.3 is 6.18 Å². The molecule has 1 fully saturated rings. The minimum absolute atomic E-state index is 0. The van der Waals surface area contributed by atoms with Crippen molar-refractivity contribution in [2.24, 2.45) is 11.7 Å². The normalized spacial score (nSPS) is 16.6. The van der Waals surface area contributed by atoms with E-state index in [0.29, 0.717) is 25.3 Å². The van der Waals surface area contributed by atoms with Crippen LogP contribution in [0, 0.1) is 5.92 Å². The Balaban J connectivity index is 0.00000392. The zero-order valence-corrected chi connectivity index (χ0v) is 17.2. The number of amides is 1. The minimum atomic E-state index is -4.32. The van der Waals surface area contributed by atoms with Crippen molar-refractivity contribution in [3.63, 3.8) is 0 Å². The highest BCUT2D eigenvalue weighted by Gasteiger charge is 2.31. The fourth-order valence-corrected chi connectivity index (χ4v) is 3.04. The van der Waals surface area contributed by atoms with E-state index < -0.39 is 17.8 Å². The lowest BCUT2D eigenvalue weighted by atomic mass is 10.1. The van der Waals surface area contributed by atoms with Crippen LogP contribution in [0.3, 0.4) is 0 Å². The van der Waals surface area contributed by atoms with Crippen LogP contribution in [0.15, 0.2) is 24.3 Å². The first-order chi connectivity index (χ1) is 12.7. The summed E-state index contributed by atoms with van der Waals surface area (Å²) in [6.07, 6.45) is -3.50. The van der Waals surface area contributed by atoms with E-state index in [0.717, 1.165) is 32.1 Å². The Labute approximate surface area is 170 Å². The highest BCUT2D eigenvalue weighted by Crippen LogP contribution is 2.31. The van der Waals surface area contributed by atoms with Gasteiger partial charge < -0.3 is 16.0 Å². The van der Waals surface area contributed by atoms with E-state index in [1.807, 2.05) is 18.7 Å². The van der Waals surface area contributed by atoms with Gasteiger partial charge in [-0.2, -0.15) is 13.2 Å².